The number of nitrogens with one attached hydrogen (secondary N) is 2. The van der Waals surface area contributed by atoms with Gasteiger partial charge in [-0.05, 0) is 33.1 Å². The fraction of sp³-hybridized carbons (Fsp3) is 0.889. The van der Waals surface area contributed by atoms with Crippen LogP contribution in [0.1, 0.15) is 74.1 Å². The van der Waals surface area contributed by atoms with Gasteiger partial charge in [-0.2, -0.15) is 0 Å². The second-order valence-corrected chi connectivity index (χ2v) is 8.05. The summed E-state index contributed by atoms with van der Waals surface area (Å²) in [6, 6.07) is 0.412. The highest BCUT2D eigenvalue weighted by atomic mass is 16.6. The second-order valence-electron chi connectivity index (χ2n) is 8.05. The summed E-state index contributed by atoms with van der Waals surface area (Å²) in [7, 11) is 0. The molecule has 0 bridgehead atoms. The minimum Gasteiger partial charge on any atom is -0.480 e. The van der Waals surface area contributed by atoms with Crippen molar-refractivity contribution in [3.63, 3.8) is 0 Å². The molecule has 0 aromatic carbocycles. The van der Waals surface area contributed by atoms with Crippen molar-refractivity contribution in [1.29, 1.82) is 0 Å². The molecule has 1 rings (SSSR count). The van der Waals surface area contributed by atoms with E-state index >= 15 is 0 Å². The van der Waals surface area contributed by atoms with Gasteiger partial charge in [0.2, 0.25) is 0 Å². The van der Waals surface area contributed by atoms with Gasteiger partial charge in [-0.3, -0.25) is 0 Å². The van der Waals surface area contributed by atoms with E-state index in [9.17, 15) is 9.59 Å². The molecule has 1 amide bonds. The van der Waals surface area contributed by atoms with Crippen molar-refractivity contribution in [2.24, 2.45) is 5.92 Å². The monoisotopic (exact) mass is 344 g/mol. The summed E-state index contributed by atoms with van der Waals surface area (Å²) in [6.07, 6.45) is 3.10. The smallest absolute Gasteiger partial charge is 0.408 e. The number of hydrogen-bond acceptors (Lipinski definition) is 4. The summed E-state index contributed by atoms with van der Waals surface area (Å²) in [5.41, 5.74) is -0.608. The first-order chi connectivity index (χ1) is 10.9. The van der Waals surface area contributed by atoms with Crippen molar-refractivity contribution >= 4 is 12.1 Å². The number of carbonyl (C=O) groups is 2. The first kappa shape index (κ1) is 22.7. The number of alkyl carbamates (subject to hydrolysis) is 1. The average molecular weight is 344 g/mol. The number of amides is 1. The normalized spacial score (nSPS) is 16.0. The number of ether oxygens (including phenoxy) is 1. The summed E-state index contributed by atoms with van der Waals surface area (Å²) < 4.78 is 5.04. The molecule has 1 aliphatic rings. The molecule has 0 aromatic heterocycles. The fourth-order valence-corrected chi connectivity index (χ4v) is 2.40. The van der Waals surface area contributed by atoms with Gasteiger partial charge in [-0.1, -0.05) is 47.0 Å². The molecule has 1 aliphatic carbocycles. The Morgan fingerprint density at radius 3 is 1.88 bits per heavy atom. The van der Waals surface area contributed by atoms with Gasteiger partial charge in [0.05, 0.1) is 0 Å². The Morgan fingerprint density at radius 1 is 1.12 bits per heavy atom. The van der Waals surface area contributed by atoms with Gasteiger partial charge in [0.25, 0.3) is 0 Å². The Bertz CT molecular complexity index is 379. The maximum atomic E-state index is 11.5. The Hall–Kier alpha value is -1.30. The number of rotatable bonds is 6. The molecule has 1 atom stereocenters. The van der Waals surface area contributed by atoms with Crippen LogP contribution in [-0.2, 0) is 9.53 Å². The van der Waals surface area contributed by atoms with Crippen molar-refractivity contribution < 1.29 is 19.4 Å². The molecule has 142 valence electrons. The van der Waals surface area contributed by atoms with E-state index in [1.165, 1.54) is 0 Å². The molecular formula is C18H36N2O4. The van der Waals surface area contributed by atoms with Crippen LogP contribution in [0.4, 0.5) is 4.79 Å². The molecule has 0 saturated heterocycles. The third-order valence-electron chi connectivity index (χ3n) is 3.45. The van der Waals surface area contributed by atoms with Crippen LogP contribution in [0.2, 0.25) is 0 Å². The van der Waals surface area contributed by atoms with E-state index in [0.717, 1.165) is 19.3 Å². The summed E-state index contributed by atoms with van der Waals surface area (Å²) in [4.78, 5) is 22.5. The van der Waals surface area contributed by atoms with Gasteiger partial charge in [0.15, 0.2) is 0 Å². The molecule has 0 spiro atoms. The number of carboxylic acids is 1. The predicted molar refractivity (Wildman–Crippen MR) is 96.2 cm³/mol. The van der Waals surface area contributed by atoms with E-state index in [2.05, 4.69) is 38.3 Å². The summed E-state index contributed by atoms with van der Waals surface area (Å²) >= 11 is 0. The van der Waals surface area contributed by atoms with Gasteiger partial charge in [0, 0.05) is 12.1 Å². The zero-order valence-electron chi connectivity index (χ0n) is 16.3. The highest BCUT2D eigenvalue weighted by molar-refractivity contribution is 5.80. The van der Waals surface area contributed by atoms with Gasteiger partial charge in [-0.15, -0.1) is 0 Å². The summed E-state index contributed by atoms with van der Waals surface area (Å²) in [6.45, 7) is 13.8. The lowest BCUT2D eigenvalue weighted by Crippen LogP contribution is -2.45. The van der Waals surface area contributed by atoms with Crippen LogP contribution < -0.4 is 10.6 Å². The minimum atomic E-state index is -0.997. The summed E-state index contributed by atoms with van der Waals surface area (Å²) in [5.74, 6) is -0.575. The van der Waals surface area contributed by atoms with E-state index in [4.69, 9.17) is 9.84 Å². The minimum absolute atomic E-state index is 0.422. The Balaban J connectivity index is 0.000000640. The SMILES string of the molecule is CC(C)(C)OC(=O)N[C@@H](CC1CCC1)C(=O)O.CC(C)NC(C)C. The van der Waals surface area contributed by atoms with Crippen LogP contribution in [-0.4, -0.2) is 40.9 Å². The topological polar surface area (TPSA) is 87.7 Å². The van der Waals surface area contributed by atoms with Crippen LogP contribution >= 0.6 is 0 Å². The molecule has 0 radical (unpaired) electrons. The zero-order chi connectivity index (χ0) is 18.9. The molecule has 0 heterocycles. The Kier molecular flexibility index (Phi) is 9.97. The molecule has 0 unspecified atom stereocenters. The van der Waals surface area contributed by atoms with Crippen LogP contribution in [0.3, 0.4) is 0 Å². The highest BCUT2D eigenvalue weighted by Crippen LogP contribution is 2.30. The Morgan fingerprint density at radius 2 is 1.62 bits per heavy atom. The van der Waals surface area contributed by atoms with Crippen molar-refractivity contribution in [2.75, 3.05) is 0 Å². The van der Waals surface area contributed by atoms with Crippen molar-refractivity contribution in [1.82, 2.24) is 10.6 Å². The quantitative estimate of drug-likeness (QED) is 0.686. The van der Waals surface area contributed by atoms with Gasteiger partial charge < -0.3 is 20.5 Å². The molecule has 6 heteroatoms. The summed E-state index contributed by atoms with van der Waals surface area (Å²) in [5, 5.41) is 14.7. The first-order valence-electron chi connectivity index (χ1n) is 8.89. The lowest BCUT2D eigenvalue weighted by molar-refractivity contribution is -0.140. The number of aliphatic carboxylic acids is 1. The van der Waals surface area contributed by atoms with E-state index in [1.807, 2.05) is 0 Å². The van der Waals surface area contributed by atoms with E-state index in [0.29, 0.717) is 24.4 Å². The van der Waals surface area contributed by atoms with Gasteiger partial charge >= 0.3 is 12.1 Å². The van der Waals surface area contributed by atoms with Crippen molar-refractivity contribution in [3.05, 3.63) is 0 Å². The first-order valence-corrected chi connectivity index (χ1v) is 8.89. The van der Waals surface area contributed by atoms with Gasteiger partial charge in [-0.25, -0.2) is 9.59 Å². The third kappa shape index (κ3) is 12.2. The lowest BCUT2D eigenvalue weighted by Gasteiger charge is -2.29. The van der Waals surface area contributed by atoms with Crippen molar-refractivity contribution in [3.8, 4) is 0 Å². The zero-order valence-corrected chi connectivity index (χ0v) is 16.3. The molecule has 24 heavy (non-hydrogen) atoms. The van der Waals surface area contributed by atoms with Crippen LogP contribution in [0.5, 0.6) is 0 Å². The lowest BCUT2D eigenvalue weighted by atomic mass is 9.81. The van der Waals surface area contributed by atoms with Crippen LogP contribution in [0, 0.1) is 5.92 Å². The van der Waals surface area contributed by atoms with E-state index in [1.54, 1.807) is 20.8 Å². The molecule has 0 aliphatic heterocycles. The highest BCUT2D eigenvalue weighted by Gasteiger charge is 2.29. The fourth-order valence-electron chi connectivity index (χ4n) is 2.40. The second kappa shape index (κ2) is 10.5. The standard InChI is InChI=1S/C12H21NO4.C6H15N/c1-12(2,3)17-11(16)13-9(10(14)15)7-8-5-4-6-8;1-5(2)7-6(3)4/h8-9H,4-7H2,1-3H3,(H,13,16)(H,14,15);5-7H,1-4H3/t9-;/m0./s1. The average Bonchev–Trinajstić information content (AvgIpc) is 2.28. The Labute approximate surface area is 146 Å². The molecule has 1 fully saturated rings. The molecule has 1 saturated carbocycles. The van der Waals surface area contributed by atoms with Crippen LogP contribution in [0.15, 0.2) is 0 Å². The van der Waals surface area contributed by atoms with Crippen LogP contribution in [0.25, 0.3) is 0 Å². The van der Waals surface area contributed by atoms with Crippen molar-refractivity contribution in [2.45, 2.75) is 97.9 Å². The van der Waals surface area contributed by atoms with E-state index in [-0.39, 0.29) is 0 Å². The molecule has 3 N–H and O–H groups in total. The maximum Gasteiger partial charge on any atom is 0.408 e. The molecular weight excluding hydrogens is 308 g/mol. The molecule has 0 aromatic rings. The van der Waals surface area contributed by atoms with E-state index < -0.39 is 23.7 Å². The largest absolute Gasteiger partial charge is 0.480 e. The maximum absolute atomic E-state index is 11.5. The number of carboxylic acid groups (broad SMARTS) is 1. The number of carbonyl (C=O) groups excluding carboxylic acids is 1. The third-order valence-corrected chi connectivity index (χ3v) is 3.45. The molecule has 6 nitrogen and oxygen atoms in total. The van der Waals surface area contributed by atoms with Gasteiger partial charge in [0.1, 0.15) is 11.6 Å². The predicted octanol–water partition coefficient (Wildman–Crippen LogP) is 3.55. The number of hydrogen-bond donors (Lipinski definition) is 3.